The molecule has 2 aromatic rings. The van der Waals surface area contributed by atoms with Gasteiger partial charge in [0.25, 0.3) is 5.91 Å². The van der Waals surface area contributed by atoms with Crippen molar-refractivity contribution in [2.24, 2.45) is 5.41 Å². The van der Waals surface area contributed by atoms with Crippen LogP contribution in [0, 0.1) is 16.7 Å². The van der Waals surface area contributed by atoms with E-state index in [0.717, 1.165) is 16.3 Å². The molecule has 2 aliphatic rings. The average Bonchev–Trinajstić information content (AvgIpc) is 3.60. The Bertz CT molecular complexity index is 1140. The fraction of sp³-hybridized carbons (Fsp3) is 0.318. The number of alkyl halides is 2. The highest BCUT2D eigenvalue weighted by atomic mass is 79.9. The van der Waals surface area contributed by atoms with E-state index in [1.807, 2.05) is 6.07 Å². The minimum atomic E-state index is -1.33. The van der Waals surface area contributed by atoms with Gasteiger partial charge in [-0.25, -0.2) is 0 Å². The van der Waals surface area contributed by atoms with E-state index in [2.05, 4.69) is 32.6 Å². The molecule has 0 saturated heterocycles. The number of anilines is 1. The molecule has 2 saturated carbocycles. The summed E-state index contributed by atoms with van der Waals surface area (Å²) in [6, 6.07) is 12.2. The van der Waals surface area contributed by atoms with Crippen molar-refractivity contribution in [1.82, 2.24) is 5.32 Å². The maximum Gasteiger partial charge on any atom is 0.254 e. The number of aldehydes is 1. The zero-order chi connectivity index (χ0) is 23.3. The van der Waals surface area contributed by atoms with E-state index >= 15 is 0 Å². The zero-order valence-electron chi connectivity index (χ0n) is 16.4. The minimum absolute atomic E-state index is 0.128. The molecule has 2 aliphatic carbocycles. The molecule has 0 bridgehead atoms. The fourth-order valence-corrected chi connectivity index (χ4v) is 5.93. The first-order valence-electron chi connectivity index (χ1n) is 9.65. The lowest BCUT2D eigenvalue weighted by molar-refractivity contribution is -0.112. The molecule has 1 amide bonds. The van der Waals surface area contributed by atoms with Gasteiger partial charge in [-0.2, -0.15) is 5.26 Å². The van der Waals surface area contributed by atoms with Crippen molar-refractivity contribution >= 4 is 80.2 Å². The smallest absolute Gasteiger partial charge is 0.254 e. The van der Waals surface area contributed by atoms with Gasteiger partial charge in [0.05, 0.1) is 22.1 Å². The molecule has 4 rings (SSSR count). The fourth-order valence-electron chi connectivity index (χ4n) is 3.87. The first kappa shape index (κ1) is 23.7. The van der Waals surface area contributed by atoms with Gasteiger partial charge in [-0.1, -0.05) is 62.3 Å². The van der Waals surface area contributed by atoms with Gasteiger partial charge in [-0.15, -0.1) is 0 Å². The van der Waals surface area contributed by atoms with Crippen LogP contribution in [0.3, 0.4) is 0 Å². The normalized spacial score (nSPS) is 24.2. The third kappa shape index (κ3) is 4.10. The summed E-state index contributed by atoms with van der Waals surface area (Å²) in [5.74, 6) is -0.904. The number of nitriles is 1. The van der Waals surface area contributed by atoms with Gasteiger partial charge in [0, 0.05) is 27.6 Å². The predicted molar refractivity (Wildman–Crippen MR) is 130 cm³/mol. The average molecular weight is 576 g/mol. The summed E-state index contributed by atoms with van der Waals surface area (Å²) in [5, 5.41) is 15.8. The SMILES string of the molecule is N#CC1(NC(=O)c2cc(NCC3(C=O)C(c4cc(Cl)cc(Br)c4)C3(Cl)Cl)ccc2Cl)CC1. The van der Waals surface area contributed by atoms with Crippen LogP contribution in [0.2, 0.25) is 10.0 Å². The van der Waals surface area contributed by atoms with E-state index in [-0.39, 0.29) is 17.1 Å². The van der Waals surface area contributed by atoms with Crippen LogP contribution in [0.1, 0.15) is 34.7 Å². The molecule has 32 heavy (non-hydrogen) atoms. The van der Waals surface area contributed by atoms with Gasteiger partial charge in [-0.3, -0.25) is 4.79 Å². The third-order valence-electron chi connectivity index (χ3n) is 5.96. The number of nitrogens with one attached hydrogen (secondary N) is 2. The van der Waals surface area contributed by atoms with Crippen molar-refractivity contribution in [1.29, 1.82) is 5.26 Å². The Morgan fingerprint density at radius 3 is 2.53 bits per heavy atom. The van der Waals surface area contributed by atoms with Crippen LogP contribution < -0.4 is 10.6 Å². The lowest BCUT2D eigenvalue weighted by atomic mass is 10.00. The Hall–Kier alpha value is -1.49. The molecule has 2 atom stereocenters. The van der Waals surface area contributed by atoms with E-state index < -0.39 is 27.1 Å². The molecule has 166 valence electrons. The Morgan fingerprint density at radius 1 is 1.22 bits per heavy atom. The summed E-state index contributed by atoms with van der Waals surface area (Å²) in [7, 11) is 0. The molecule has 0 spiro atoms. The second kappa shape index (κ2) is 8.38. The molecule has 5 nitrogen and oxygen atoms in total. The largest absolute Gasteiger partial charge is 0.384 e. The Labute approximate surface area is 213 Å². The van der Waals surface area contributed by atoms with Crippen molar-refractivity contribution in [3.05, 3.63) is 62.0 Å². The number of rotatable bonds is 7. The number of nitrogens with zero attached hydrogens (tertiary/aromatic N) is 1. The highest BCUT2D eigenvalue weighted by Gasteiger charge is 2.76. The minimum Gasteiger partial charge on any atom is -0.384 e. The van der Waals surface area contributed by atoms with E-state index in [1.165, 1.54) is 0 Å². The number of hydrogen-bond acceptors (Lipinski definition) is 4. The number of benzene rings is 2. The standard InChI is InChI=1S/C22H16BrCl4N3O2/c23-13-5-12(6-14(24)7-13)18-21(11-31,22(18,26)27)10-29-15-1-2-17(25)16(8-15)19(32)30-20(9-28)3-4-20/h1-2,5-8,11,18,29H,3-4,10H2,(H,30,32). The van der Waals surface area contributed by atoms with Crippen LogP contribution >= 0.6 is 62.3 Å². The van der Waals surface area contributed by atoms with Gasteiger partial charge >= 0.3 is 0 Å². The van der Waals surface area contributed by atoms with Crippen molar-refractivity contribution in [3.8, 4) is 6.07 Å². The van der Waals surface area contributed by atoms with E-state index in [0.29, 0.717) is 23.6 Å². The van der Waals surface area contributed by atoms with E-state index in [9.17, 15) is 14.9 Å². The van der Waals surface area contributed by atoms with Gasteiger partial charge in [0.2, 0.25) is 0 Å². The lowest BCUT2D eigenvalue weighted by Gasteiger charge is -2.16. The van der Waals surface area contributed by atoms with Gasteiger partial charge in [-0.05, 0) is 54.8 Å². The van der Waals surface area contributed by atoms with Gasteiger partial charge < -0.3 is 15.4 Å². The quantitative estimate of drug-likeness (QED) is 0.308. The summed E-state index contributed by atoms with van der Waals surface area (Å²) < 4.78 is -0.577. The number of amides is 1. The highest BCUT2D eigenvalue weighted by molar-refractivity contribution is 9.10. The molecular weight excluding hydrogens is 560 g/mol. The van der Waals surface area contributed by atoms with Crippen LogP contribution in [0.4, 0.5) is 5.69 Å². The van der Waals surface area contributed by atoms with Crippen LogP contribution in [-0.2, 0) is 4.79 Å². The Balaban J connectivity index is 1.54. The van der Waals surface area contributed by atoms with Gasteiger partial charge in [0.15, 0.2) is 0 Å². The van der Waals surface area contributed by atoms with Crippen molar-refractivity contribution in [2.75, 3.05) is 11.9 Å². The van der Waals surface area contributed by atoms with Crippen molar-refractivity contribution in [3.63, 3.8) is 0 Å². The number of carbonyl (C=O) groups excluding carboxylic acids is 2. The molecule has 0 radical (unpaired) electrons. The Morgan fingerprint density at radius 2 is 1.94 bits per heavy atom. The van der Waals surface area contributed by atoms with Crippen molar-refractivity contribution < 1.29 is 9.59 Å². The number of halogens is 5. The number of hydrogen-bond donors (Lipinski definition) is 2. The molecule has 2 aromatic carbocycles. The second-order valence-electron chi connectivity index (χ2n) is 8.11. The van der Waals surface area contributed by atoms with E-state index in [4.69, 9.17) is 46.4 Å². The number of carbonyl (C=O) groups is 2. The van der Waals surface area contributed by atoms with Crippen LogP contribution in [-0.4, -0.2) is 28.6 Å². The summed E-state index contributed by atoms with van der Waals surface area (Å²) in [6.07, 6.45) is 1.98. The third-order valence-corrected chi connectivity index (χ3v) is 8.10. The summed E-state index contributed by atoms with van der Waals surface area (Å²) >= 11 is 28.9. The van der Waals surface area contributed by atoms with Crippen LogP contribution in [0.5, 0.6) is 0 Å². The zero-order valence-corrected chi connectivity index (χ0v) is 21.0. The molecule has 2 N–H and O–H groups in total. The predicted octanol–water partition coefficient (Wildman–Crippen LogP) is 6.11. The monoisotopic (exact) mass is 573 g/mol. The Kier molecular flexibility index (Phi) is 6.19. The van der Waals surface area contributed by atoms with Crippen LogP contribution in [0.25, 0.3) is 0 Å². The summed E-state index contributed by atoms with van der Waals surface area (Å²) in [4.78, 5) is 24.8. The molecule has 2 fully saturated rings. The van der Waals surface area contributed by atoms with Crippen molar-refractivity contribution in [2.45, 2.75) is 28.6 Å². The first-order chi connectivity index (χ1) is 15.1. The molecule has 2 unspecified atom stereocenters. The molecule has 0 aromatic heterocycles. The maximum absolute atomic E-state index is 12.6. The second-order valence-corrected chi connectivity index (χ2v) is 11.3. The van der Waals surface area contributed by atoms with Gasteiger partial charge in [0.1, 0.15) is 16.2 Å². The maximum atomic E-state index is 12.6. The highest BCUT2D eigenvalue weighted by Crippen LogP contribution is 2.73. The summed E-state index contributed by atoms with van der Waals surface area (Å²) in [5.41, 5.74) is -0.376. The van der Waals surface area contributed by atoms with Crippen LogP contribution in [0.15, 0.2) is 40.9 Å². The topological polar surface area (TPSA) is 82.0 Å². The molecule has 0 aliphatic heterocycles. The summed E-state index contributed by atoms with van der Waals surface area (Å²) in [6.45, 7) is 0.128. The first-order valence-corrected chi connectivity index (χ1v) is 12.0. The molecular formula is C22H16BrCl4N3O2. The van der Waals surface area contributed by atoms with E-state index in [1.54, 1.807) is 30.3 Å². The molecule has 0 heterocycles. The lowest BCUT2D eigenvalue weighted by Crippen LogP contribution is -2.35. The molecule has 10 heteroatoms.